The Labute approximate surface area is 106 Å². The van der Waals surface area contributed by atoms with Gasteiger partial charge in [-0.2, -0.15) is 0 Å². The molecule has 1 saturated heterocycles. The molecular formula is C14H18BrN. The molecule has 1 aliphatic heterocycles. The van der Waals surface area contributed by atoms with Gasteiger partial charge in [-0.1, -0.05) is 46.3 Å². The summed E-state index contributed by atoms with van der Waals surface area (Å²) in [6.07, 6.45) is 4.19. The van der Waals surface area contributed by atoms with Crippen LogP contribution in [-0.2, 0) is 6.54 Å². The Morgan fingerprint density at radius 3 is 2.75 bits per heavy atom. The van der Waals surface area contributed by atoms with Crippen molar-refractivity contribution in [3.05, 3.63) is 35.9 Å². The summed E-state index contributed by atoms with van der Waals surface area (Å²) in [7, 11) is 0. The highest BCUT2D eigenvalue weighted by molar-refractivity contribution is 9.09. The molecule has 0 spiro atoms. The van der Waals surface area contributed by atoms with Gasteiger partial charge >= 0.3 is 0 Å². The Hall–Kier alpha value is -0.340. The molecule has 1 nitrogen and oxygen atoms in total. The van der Waals surface area contributed by atoms with Crippen LogP contribution in [0.2, 0.25) is 0 Å². The number of nitrogens with zero attached hydrogens (tertiary/aromatic N) is 1. The fourth-order valence-corrected chi connectivity index (χ4v) is 4.37. The van der Waals surface area contributed by atoms with E-state index < -0.39 is 0 Å². The molecule has 0 N–H and O–H groups in total. The van der Waals surface area contributed by atoms with Crippen LogP contribution in [0.3, 0.4) is 0 Å². The molecule has 3 atom stereocenters. The van der Waals surface area contributed by atoms with Crippen molar-refractivity contribution >= 4 is 15.9 Å². The molecule has 1 aromatic carbocycles. The lowest BCUT2D eigenvalue weighted by Gasteiger charge is -2.26. The fraction of sp³-hybridized carbons (Fsp3) is 0.571. The summed E-state index contributed by atoms with van der Waals surface area (Å²) in [4.78, 5) is 3.40. The molecular weight excluding hydrogens is 262 g/mol. The predicted octanol–water partition coefficient (Wildman–Crippen LogP) is 3.43. The van der Waals surface area contributed by atoms with Crippen LogP contribution in [-0.4, -0.2) is 22.3 Å². The molecule has 16 heavy (non-hydrogen) atoms. The van der Waals surface area contributed by atoms with E-state index in [9.17, 15) is 0 Å². The van der Waals surface area contributed by atoms with Gasteiger partial charge in [0.15, 0.2) is 0 Å². The van der Waals surface area contributed by atoms with E-state index in [0.717, 1.165) is 23.3 Å². The van der Waals surface area contributed by atoms with E-state index in [1.807, 2.05) is 0 Å². The van der Waals surface area contributed by atoms with E-state index in [4.69, 9.17) is 0 Å². The Kier molecular flexibility index (Phi) is 3.03. The van der Waals surface area contributed by atoms with Crippen molar-refractivity contribution in [2.24, 2.45) is 5.92 Å². The first-order chi connectivity index (χ1) is 7.84. The predicted molar refractivity (Wildman–Crippen MR) is 70.7 cm³/mol. The highest BCUT2D eigenvalue weighted by atomic mass is 79.9. The lowest BCUT2D eigenvalue weighted by molar-refractivity contribution is 0.238. The standard InChI is InChI=1S/C14H18BrN/c15-13-7-6-12-8-9-16(14(12)13)10-11-4-2-1-3-5-11/h1-5,12-14H,6-10H2/t12-,13?,14+/m1/s1. The second-order valence-corrected chi connectivity index (χ2v) is 6.26. The summed E-state index contributed by atoms with van der Waals surface area (Å²) in [6, 6.07) is 11.7. The lowest BCUT2D eigenvalue weighted by atomic mass is 10.0. The van der Waals surface area contributed by atoms with E-state index in [1.54, 1.807) is 0 Å². The van der Waals surface area contributed by atoms with E-state index in [1.165, 1.54) is 31.4 Å². The summed E-state index contributed by atoms with van der Waals surface area (Å²) < 4.78 is 0. The van der Waals surface area contributed by atoms with Crippen LogP contribution in [0.15, 0.2) is 30.3 Å². The summed E-state index contributed by atoms with van der Waals surface area (Å²) in [6.45, 7) is 2.41. The van der Waals surface area contributed by atoms with Crippen LogP contribution in [0.25, 0.3) is 0 Å². The maximum Gasteiger partial charge on any atom is 0.0304 e. The second-order valence-electron chi connectivity index (χ2n) is 5.09. The van der Waals surface area contributed by atoms with Crippen LogP contribution < -0.4 is 0 Å². The van der Waals surface area contributed by atoms with Crippen LogP contribution >= 0.6 is 15.9 Å². The van der Waals surface area contributed by atoms with E-state index >= 15 is 0 Å². The van der Waals surface area contributed by atoms with Crippen LogP contribution in [0, 0.1) is 5.92 Å². The van der Waals surface area contributed by atoms with Gasteiger partial charge in [0.1, 0.15) is 0 Å². The van der Waals surface area contributed by atoms with Gasteiger partial charge in [0.2, 0.25) is 0 Å². The van der Waals surface area contributed by atoms with Crippen molar-refractivity contribution in [3.63, 3.8) is 0 Å². The van der Waals surface area contributed by atoms with Crippen LogP contribution in [0.1, 0.15) is 24.8 Å². The molecule has 1 saturated carbocycles. The number of benzene rings is 1. The summed E-state index contributed by atoms with van der Waals surface area (Å²) in [5.41, 5.74) is 1.45. The highest BCUT2D eigenvalue weighted by Crippen LogP contribution is 2.41. The minimum atomic E-state index is 0.726. The molecule has 2 aliphatic rings. The third-order valence-corrected chi connectivity index (χ3v) is 5.10. The zero-order valence-corrected chi connectivity index (χ0v) is 11.1. The van der Waals surface area contributed by atoms with Gasteiger partial charge in [-0.15, -0.1) is 0 Å². The molecule has 1 unspecified atom stereocenters. The topological polar surface area (TPSA) is 3.24 Å². The molecule has 0 aromatic heterocycles. The molecule has 1 aliphatic carbocycles. The molecule has 0 bridgehead atoms. The zero-order chi connectivity index (χ0) is 11.0. The first-order valence-electron chi connectivity index (χ1n) is 6.26. The number of halogens is 1. The van der Waals surface area contributed by atoms with Crippen molar-refractivity contribution in [1.29, 1.82) is 0 Å². The Morgan fingerprint density at radius 2 is 1.94 bits per heavy atom. The van der Waals surface area contributed by atoms with Crippen molar-refractivity contribution in [2.75, 3.05) is 6.54 Å². The molecule has 2 heteroatoms. The van der Waals surface area contributed by atoms with Crippen molar-refractivity contribution in [3.8, 4) is 0 Å². The van der Waals surface area contributed by atoms with Gasteiger partial charge in [-0.05, 0) is 37.3 Å². The first-order valence-corrected chi connectivity index (χ1v) is 7.18. The van der Waals surface area contributed by atoms with Gasteiger partial charge in [0.05, 0.1) is 0 Å². The van der Waals surface area contributed by atoms with Gasteiger partial charge in [-0.3, -0.25) is 4.90 Å². The number of rotatable bonds is 2. The highest BCUT2D eigenvalue weighted by Gasteiger charge is 2.42. The quantitative estimate of drug-likeness (QED) is 0.750. The van der Waals surface area contributed by atoms with E-state index in [0.29, 0.717) is 0 Å². The second kappa shape index (κ2) is 4.50. The maximum absolute atomic E-state index is 3.86. The molecule has 3 rings (SSSR count). The Morgan fingerprint density at radius 1 is 1.12 bits per heavy atom. The Bertz CT molecular complexity index is 351. The van der Waals surface area contributed by atoms with Crippen LogP contribution in [0.5, 0.6) is 0 Å². The average molecular weight is 280 g/mol. The molecule has 2 fully saturated rings. The number of hydrogen-bond donors (Lipinski definition) is 0. The Balaban J connectivity index is 1.72. The number of likely N-dealkylation sites (tertiary alicyclic amines) is 1. The number of fused-ring (bicyclic) bond motifs is 1. The van der Waals surface area contributed by atoms with Crippen molar-refractivity contribution < 1.29 is 0 Å². The van der Waals surface area contributed by atoms with Gasteiger partial charge in [-0.25, -0.2) is 0 Å². The maximum atomic E-state index is 3.86. The number of hydrogen-bond acceptors (Lipinski definition) is 1. The van der Waals surface area contributed by atoms with Crippen molar-refractivity contribution in [1.82, 2.24) is 4.90 Å². The van der Waals surface area contributed by atoms with E-state index in [-0.39, 0.29) is 0 Å². The SMILES string of the molecule is BrC1CC[C@@H]2CCN(Cc3ccccc3)[C@H]12. The summed E-state index contributed by atoms with van der Waals surface area (Å²) in [5, 5.41) is 0. The summed E-state index contributed by atoms with van der Waals surface area (Å²) in [5.74, 6) is 0.952. The molecule has 0 amide bonds. The largest absolute Gasteiger partial charge is 0.295 e. The number of alkyl halides is 1. The van der Waals surface area contributed by atoms with Crippen LogP contribution in [0.4, 0.5) is 0 Å². The minimum absolute atomic E-state index is 0.726. The smallest absolute Gasteiger partial charge is 0.0304 e. The normalized spacial score (nSPS) is 34.2. The third-order valence-electron chi connectivity index (χ3n) is 4.10. The lowest BCUT2D eigenvalue weighted by Crippen LogP contribution is -2.35. The third kappa shape index (κ3) is 1.93. The van der Waals surface area contributed by atoms with Gasteiger partial charge < -0.3 is 0 Å². The first kappa shape index (κ1) is 10.8. The fourth-order valence-electron chi connectivity index (χ4n) is 3.34. The molecule has 1 heterocycles. The zero-order valence-electron chi connectivity index (χ0n) is 9.48. The minimum Gasteiger partial charge on any atom is -0.295 e. The molecule has 0 radical (unpaired) electrons. The monoisotopic (exact) mass is 279 g/mol. The van der Waals surface area contributed by atoms with Gasteiger partial charge in [0, 0.05) is 17.4 Å². The average Bonchev–Trinajstić information content (AvgIpc) is 2.86. The van der Waals surface area contributed by atoms with Gasteiger partial charge in [0.25, 0.3) is 0 Å². The van der Waals surface area contributed by atoms with Crippen molar-refractivity contribution in [2.45, 2.75) is 36.7 Å². The molecule has 1 aromatic rings. The summed E-state index contributed by atoms with van der Waals surface area (Å²) >= 11 is 3.86. The van der Waals surface area contributed by atoms with E-state index in [2.05, 4.69) is 51.2 Å². The molecule has 86 valence electrons.